The predicted octanol–water partition coefficient (Wildman–Crippen LogP) is 1.29. The van der Waals surface area contributed by atoms with Gasteiger partial charge in [-0.25, -0.2) is 0 Å². The topological polar surface area (TPSA) is 46.3 Å². The lowest BCUT2D eigenvalue weighted by Gasteiger charge is -2.36. The lowest BCUT2D eigenvalue weighted by molar-refractivity contribution is -0.127. The van der Waals surface area contributed by atoms with Crippen molar-refractivity contribution in [2.24, 2.45) is 5.73 Å². The molecule has 1 saturated heterocycles. The number of allylic oxidation sites excluding steroid dienone is 1. The summed E-state index contributed by atoms with van der Waals surface area (Å²) in [4.78, 5) is 13.4. The lowest BCUT2D eigenvalue weighted by atomic mass is 9.91. The van der Waals surface area contributed by atoms with Crippen molar-refractivity contribution in [1.29, 1.82) is 0 Å². The Hall–Kier alpha value is -0.830. The van der Waals surface area contributed by atoms with Gasteiger partial charge in [0.25, 0.3) is 0 Å². The molecule has 0 aromatic rings. The summed E-state index contributed by atoms with van der Waals surface area (Å²) < 4.78 is 0. The number of hydrogen-bond donors (Lipinski definition) is 1. The number of hydrogen-bond acceptors (Lipinski definition) is 2. The van der Waals surface area contributed by atoms with Crippen molar-refractivity contribution in [3.8, 4) is 0 Å². The number of amides is 1. The molecule has 14 heavy (non-hydrogen) atoms. The molecule has 1 amide bonds. The van der Waals surface area contributed by atoms with E-state index in [1.807, 2.05) is 17.9 Å². The third-order valence-electron chi connectivity index (χ3n) is 2.71. The molecular weight excluding hydrogens is 176 g/mol. The summed E-state index contributed by atoms with van der Waals surface area (Å²) in [6, 6.07) is 0. The van der Waals surface area contributed by atoms with Gasteiger partial charge in [-0.05, 0) is 32.3 Å². The van der Waals surface area contributed by atoms with Crippen LogP contribution in [0.1, 0.15) is 33.1 Å². The second kappa shape index (κ2) is 4.60. The van der Waals surface area contributed by atoms with Gasteiger partial charge in [0.15, 0.2) is 0 Å². The molecule has 0 bridgehead atoms. The van der Waals surface area contributed by atoms with E-state index in [2.05, 4.69) is 6.92 Å². The molecule has 1 aliphatic heterocycles. The second-order valence-corrected chi connectivity index (χ2v) is 4.29. The van der Waals surface area contributed by atoms with Gasteiger partial charge in [-0.1, -0.05) is 13.0 Å². The summed E-state index contributed by atoms with van der Waals surface area (Å²) in [6.45, 7) is 5.66. The molecule has 0 aliphatic carbocycles. The maximum absolute atomic E-state index is 11.6. The third kappa shape index (κ3) is 3.14. The molecule has 0 spiro atoms. The summed E-state index contributed by atoms with van der Waals surface area (Å²) in [6.07, 6.45) is 6.28. The highest BCUT2D eigenvalue weighted by Gasteiger charge is 2.27. The van der Waals surface area contributed by atoms with Crippen molar-refractivity contribution in [1.82, 2.24) is 4.90 Å². The smallest absolute Gasteiger partial charge is 0.246 e. The minimum Gasteiger partial charge on any atom is -0.339 e. The van der Waals surface area contributed by atoms with Crippen molar-refractivity contribution >= 4 is 5.91 Å². The highest BCUT2D eigenvalue weighted by Crippen LogP contribution is 2.18. The number of carbonyl (C=O) groups excluding carboxylic acids is 1. The second-order valence-electron chi connectivity index (χ2n) is 4.29. The summed E-state index contributed by atoms with van der Waals surface area (Å²) in [5.41, 5.74) is 5.91. The minimum absolute atomic E-state index is 0.0781. The first kappa shape index (κ1) is 11.2. The Balaban J connectivity index is 2.42. The number of piperidine rings is 1. The molecule has 1 heterocycles. The van der Waals surface area contributed by atoms with Crippen LogP contribution in [-0.4, -0.2) is 29.4 Å². The quantitative estimate of drug-likeness (QED) is 0.676. The van der Waals surface area contributed by atoms with Crippen LogP contribution in [0.15, 0.2) is 12.2 Å². The fourth-order valence-corrected chi connectivity index (χ4v) is 1.56. The Morgan fingerprint density at radius 1 is 1.50 bits per heavy atom. The Labute approximate surface area is 86.0 Å². The SMILES string of the molecule is CC/C=C/C(=O)N1CCC(C)(N)CC1. The molecule has 3 nitrogen and oxygen atoms in total. The van der Waals surface area contributed by atoms with Crippen LogP contribution in [0.4, 0.5) is 0 Å². The molecule has 0 radical (unpaired) electrons. The molecule has 1 aliphatic rings. The van der Waals surface area contributed by atoms with Gasteiger partial charge in [-0.15, -0.1) is 0 Å². The zero-order valence-corrected chi connectivity index (χ0v) is 9.12. The number of nitrogens with zero attached hydrogens (tertiary/aromatic N) is 1. The van der Waals surface area contributed by atoms with Crippen LogP contribution in [0, 0.1) is 0 Å². The van der Waals surface area contributed by atoms with Crippen molar-refractivity contribution in [2.75, 3.05) is 13.1 Å². The van der Waals surface area contributed by atoms with E-state index in [0.717, 1.165) is 32.4 Å². The number of carbonyl (C=O) groups is 1. The largest absolute Gasteiger partial charge is 0.339 e. The van der Waals surface area contributed by atoms with Gasteiger partial charge < -0.3 is 10.6 Å². The molecular formula is C11H20N2O. The summed E-state index contributed by atoms with van der Waals surface area (Å²) in [5.74, 6) is 0.127. The summed E-state index contributed by atoms with van der Waals surface area (Å²) in [7, 11) is 0. The van der Waals surface area contributed by atoms with Gasteiger partial charge in [0.1, 0.15) is 0 Å². The fourth-order valence-electron chi connectivity index (χ4n) is 1.56. The first-order chi connectivity index (χ1) is 6.55. The van der Waals surface area contributed by atoms with Gasteiger partial charge in [0.2, 0.25) is 5.91 Å². The highest BCUT2D eigenvalue weighted by molar-refractivity contribution is 5.87. The Morgan fingerprint density at radius 3 is 2.57 bits per heavy atom. The molecule has 0 saturated carbocycles. The van der Waals surface area contributed by atoms with Crippen LogP contribution in [0.2, 0.25) is 0 Å². The van der Waals surface area contributed by atoms with Gasteiger partial charge in [-0.3, -0.25) is 4.79 Å². The van der Waals surface area contributed by atoms with E-state index in [0.29, 0.717) is 0 Å². The van der Waals surface area contributed by atoms with E-state index >= 15 is 0 Å². The van der Waals surface area contributed by atoms with E-state index in [9.17, 15) is 4.79 Å². The summed E-state index contributed by atoms with van der Waals surface area (Å²) in [5, 5.41) is 0. The minimum atomic E-state index is -0.0781. The van der Waals surface area contributed by atoms with Crippen LogP contribution in [0.5, 0.6) is 0 Å². The normalized spacial score (nSPS) is 21.5. The average molecular weight is 196 g/mol. The Kier molecular flexibility index (Phi) is 3.69. The zero-order chi connectivity index (χ0) is 10.6. The monoisotopic (exact) mass is 196 g/mol. The molecule has 3 heteroatoms. The first-order valence-corrected chi connectivity index (χ1v) is 5.29. The van der Waals surface area contributed by atoms with E-state index < -0.39 is 0 Å². The molecule has 80 valence electrons. The van der Waals surface area contributed by atoms with Crippen LogP contribution >= 0.6 is 0 Å². The van der Waals surface area contributed by atoms with Crippen molar-refractivity contribution in [3.05, 3.63) is 12.2 Å². The molecule has 0 atom stereocenters. The molecule has 1 rings (SSSR count). The molecule has 0 aromatic heterocycles. The summed E-state index contributed by atoms with van der Waals surface area (Å²) >= 11 is 0. The van der Waals surface area contributed by atoms with E-state index in [1.165, 1.54) is 0 Å². The van der Waals surface area contributed by atoms with Gasteiger partial charge >= 0.3 is 0 Å². The van der Waals surface area contributed by atoms with Crippen LogP contribution < -0.4 is 5.73 Å². The van der Waals surface area contributed by atoms with Crippen LogP contribution in [-0.2, 0) is 4.79 Å². The number of rotatable bonds is 2. The van der Waals surface area contributed by atoms with Crippen LogP contribution in [0.3, 0.4) is 0 Å². The predicted molar refractivity (Wildman–Crippen MR) is 57.8 cm³/mol. The van der Waals surface area contributed by atoms with Crippen molar-refractivity contribution in [3.63, 3.8) is 0 Å². The number of likely N-dealkylation sites (tertiary alicyclic amines) is 1. The third-order valence-corrected chi connectivity index (χ3v) is 2.71. The van der Waals surface area contributed by atoms with E-state index in [4.69, 9.17) is 5.73 Å². The van der Waals surface area contributed by atoms with E-state index in [-0.39, 0.29) is 11.4 Å². The Morgan fingerprint density at radius 2 is 2.07 bits per heavy atom. The molecule has 1 fully saturated rings. The van der Waals surface area contributed by atoms with Crippen LogP contribution in [0.25, 0.3) is 0 Å². The van der Waals surface area contributed by atoms with Gasteiger partial charge in [0.05, 0.1) is 0 Å². The van der Waals surface area contributed by atoms with Gasteiger partial charge in [0, 0.05) is 18.6 Å². The van der Waals surface area contributed by atoms with Gasteiger partial charge in [-0.2, -0.15) is 0 Å². The molecule has 2 N–H and O–H groups in total. The molecule has 0 aromatic carbocycles. The Bertz CT molecular complexity index is 223. The first-order valence-electron chi connectivity index (χ1n) is 5.29. The van der Waals surface area contributed by atoms with Crippen molar-refractivity contribution in [2.45, 2.75) is 38.6 Å². The standard InChI is InChI=1S/C11H20N2O/c1-3-4-5-10(14)13-8-6-11(2,12)7-9-13/h4-5H,3,6-9,12H2,1-2H3/b5-4+. The lowest BCUT2D eigenvalue weighted by Crippen LogP contribution is -2.49. The number of nitrogens with two attached hydrogens (primary N) is 1. The maximum atomic E-state index is 11.6. The maximum Gasteiger partial charge on any atom is 0.246 e. The van der Waals surface area contributed by atoms with E-state index in [1.54, 1.807) is 6.08 Å². The average Bonchev–Trinajstić information content (AvgIpc) is 2.14. The zero-order valence-electron chi connectivity index (χ0n) is 9.12. The fraction of sp³-hybridized carbons (Fsp3) is 0.727. The molecule has 0 unspecified atom stereocenters. The highest BCUT2D eigenvalue weighted by atomic mass is 16.2. The van der Waals surface area contributed by atoms with Crippen molar-refractivity contribution < 1.29 is 4.79 Å².